The molecule has 2 atom stereocenters. The van der Waals surface area contributed by atoms with E-state index < -0.39 is 21.2 Å². The molecule has 2 aromatic rings. The maximum Gasteiger partial charge on any atom is 0.263 e. The van der Waals surface area contributed by atoms with E-state index in [0.29, 0.717) is 29.3 Å². The third kappa shape index (κ3) is 4.62. The minimum atomic E-state index is -3.41. The Morgan fingerprint density at radius 2 is 1.78 bits per heavy atom. The molecule has 0 aliphatic carbocycles. The normalized spacial score (nSPS) is 20.5. The number of hydrogen-bond donors (Lipinski definition) is 0. The first-order chi connectivity index (χ1) is 12.9. The predicted molar refractivity (Wildman–Crippen MR) is 106 cm³/mol. The van der Waals surface area contributed by atoms with Gasteiger partial charge in [0.1, 0.15) is 5.75 Å². The van der Waals surface area contributed by atoms with Gasteiger partial charge in [0.05, 0.1) is 11.0 Å². The van der Waals surface area contributed by atoms with Crippen LogP contribution in [-0.4, -0.2) is 44.2 Å². The van der Waals surface area contributed by atoms with Crippen LogP contribution in [0.3, 0.4) is 0 Å². The lowest BCUT2D eigenvalue weighted by molar-refractivity contribution is -0.137. The van der Waals surface area contributed by atoms with E-state index in [-0.39, 0.29) is 18.2 Å². The van der Waals surface area contributed by atoms with Gasteiger partial charge in [0.2, 0.25) is 0 Å². The van der Waals surface area contributed by atoms with Crippen LogP contribution in [0.5, 0.6) is 5.75 Å². The Labute approximate surface area is 164 Å². The van der Waals surface area contributed by atoms with E-state index in [9.17, 15) is 13.2 Å². The molecule has 5 nitrogen and oxygen atoms in total. The number of carbonyl (C=O) groups is 1. The lowest BCUT2D eigenvalue weighted by Crippen LogP contribution is -2.41. The van der Waals surface area contributed by atoms with Crippen molar-refractivity contribution in [2.75, 3.05) is 18.8 Å². The van der Waals surface area contributed by atoms with E-state index in [4.69, 9.17) is 16.3 Å². The third-order valence-corrected chi connectivity index (χ3v) is 7.16. The lowest BCUT2D eigenvalue weighted by atomic mass is 10.1. The number of rotatable bonds is 4. The first-order valence-electron chi connectivity index (χ1n) is 8.85. The monoisotopic (exact) mass is 407 g/mol. The number of amides is 1. The fraction of sp³-hybridized carbons (Fsp3) is 0.350. The number of para-hydroxylation sites is 1. The van der Waals surface area contributed by atoms with Crippen molar-refractivity contribution in [3.8, 4) is 5.75 Å². The van der Waals surface area contributed by atoms with Gasteiger partial charge in [0.15, 0.2) is 15.9 Å². The lowest BCUT2D eigenvalue weighted by Gasteiger charge is -2.24. The van der Waals surface area contributed by atoms with Gasteiger partial charge in [0, 0.05) is 18.1 Å². The summed E-state index contributed by atoms with van der Waals surface area (Å²) < 4.78 is 31.2. The highest BCUT2D eigenvalue weighted by atomic mass is 35.5. The topological polar surface area (TPSA) is 63.7 Å². The van der Waals surface area contributed by atoms with E-state index >= 15 is 0 Å². The van der Waals surface area contributed by atoms with E-state index in [1.165, 1.54) is 0 Å². The van der Waals surface area contributed by atoms with Crippen LogP contribution in [0.25, 0.3) is 0 Å². The van der Waals surface area contributed by atoms with Crippen molar-refractivity contribution in [3.05, 3.63) is 65.2 Å². The first-order valence-corrected chi connectivity index (χ1v) is 10.9. The Morgan fingerprint density at radius 3 is 2.48 bits per heavy atom. The quantitative estimate of drug-likeness (QED) is 0.778. The fourth-order valence-electron chi connectivity index (χ4n) is 3.26. The molecule has 0 N–H and O–H groups in total. The zero-order valence-corrected chi connectivity index (χ0v) is 16.6. The molecule has 0 aromatic heterocycles. The van der Waals surface area contributed by atoms with Crippen LogP contribution >= 0.6 is 11.6 Å². The Kier molecular flexibility index (Phi) is 6.07. The molecular weight excluding hydrogens is 386 g/mol. The Hall–Kier alpha value is -2.05. The number of nitrogens with zero attached hydrogens (tertiary/aromatic N) is 1. The van der Waals surface area contributed by atoms with Gasteiger partial charge in [-0.1, -0.05) is 48.0 Å². The number of sulfone groups is 1. The molecule has 3 rings (SSSR count). The Bertz CT molecular complexity index is 901. The molecule has 1 fully saturated rings. The van der Waals surface area contributed by atoms with Gasteiger partial charge in [-0.3, -0.25) is 4.79 Å². The average Bonchev–Trinajstić information content (AvgIpc) is 2.80. The molecule has 1 aliphatic rings. The molecule has 144 valence electrons. The van der Waals surface area contributed by atoms with Gasteiger partial charge in [-0.2, -0.15) is 0 Å². The molecular formula is C20H22ClNO4S. The summed E-state index contributed by atoms with van der Waals surface area (Å²) in [5.41, 5.74) is 0.599. The van der Waals surface area contributed by atoms with Gasteiger partial charge in [-0.15, -0.1) is 0 Å². The summed E-state index contributed by atoms with van der Waals surface area (Å²) in [4.78, 5) is 14.3. The van der Waals surface area contributed by atoms with Gasteiger partial charge >= 0.3 is 0 Å². The van der Waals surface area contributed by atoms with Crippen molar-refractivity contribution in [3.63, 3.8) is 0 Å². The molecule has 27 heavy (non-hydrogen) atoms. The summed E-state index contributed by atoms with van der Waals surface area (Å²) in [5, 5.41) is -0.263. The van der Waals surface area contributed by atoms with E-state index in [2.05, 4.69) is 0 Å². The molecule has 0 spiro atoms. The van der Waals surface area contributed by atoms with Crippen molar-refractivity contribution in [1.82, 2.24) is 4.90 Å². The largest absolute Gasteiger partial charge is 0.481 e. The highest BCUT2D eigenvalue weighted by Gasteiger charge is 2.35. The van der Waals surface area contributed by atoms with Crippen molar-refractivity contribution in [2.45, 2.75) is 24.7 Å². The zero-order chi connectivity index (χ0) is 19.4. The fourth-order valence-corrected chi connectivity index (χ4v) is 5.41. The van der Waals surface area contributed by atoms with Crippen LogP contribution < -0.4 is 4.74 Å². The minimum Gasteiger partial charge on any atom is -0.481 e. The van der Waals surface area contributed by atoms with Gasteiger partial charge in [-0.25, -0.2) is 8.42 Å². The molecule has 1 saturated heterocycles. The standard InChI is InChI=1S/C20H22ClNO4S/c1-15(26-16-7-3-2-4-8-16)20(23)22-12-11-19(27(24,25)14-13-22)17-9-5-6-10-18(17)21/h2-10,15,19H,11-14H2,1H3. The maximum atomic E-state index is 12.8. The van der Waals surface area contributed by atoms with Crippen LogP contribution in [-0.2, 0) is 14.6 Å². The van der Waals surface area contributed by atoms with Crippen LogP contribution in [0.1, 0.15) is 24.2 Å². The predicted octanol–water partition coefficient (Wildman–Crippen LogP) is 3.50. The van der Waals surface area contributed by atoms with E-state index in [1.807, 2.05) is 18.2 Å². The summed E-state index contributed by atoms with van der Waals surface area (Å²) >= 11 is 6.21. The summed E-state index contributed by atoms with van der Waals surface area (Å²) in [7, 11) is -3.41. The minimum absolute atomic E-state index is 0.0906. The van der Waals surface area contributed by atoms with Crippen molar-refractivity contribution >= 4 is 27.3 Å². The van der Waals surface area contributed by atoms with Gasteiger partial charge in [0.25, 0.3) is 5.91 Å². The Balaban J connectivity index is 1.73. The van der Waals surface area contributed by atoms with Crippen LogP contribution in [0.15, 0.2) is 54.6 Å². The molecule has 0 bridgehead atoms. The van der Waals surface area contributed by atoms with Crippen LogP contribution in [0.4, 0.5) is 0 Å². The number of hydrogen-bond acceptors (Lipinski definition) is 4. The second-order valence-electron chi connectivity index (χ2n) is 6.56. The molecule has 0 saturated carbocycles. The SMILES string of the molecule is CC(Oc1ccccc1)C(=O)N1CCC(c2ccccc2Cl)S(=O)(=O)CC1. The molecule has 2 unspecified atom stereocenters. The van der Waals surface area contributed by atoms with Crippen molar-refractivity contribution in [2.24, 2.45) is 0 Å². The molecule has 1 heterocycles. The number of halogens is 1. The van der Waals surface area contributed by atoms with Crippen molar-refractivity contribution < 1.29 is 17.9 Å². The number of carbonyl (C=O) groups excluding carboxylic acids is 1. The molecule has 1 aliphatic heterocycles. The molecule has 1 amide bonds. The highest BCUT2D eigenvalue weighted by molar-refractivity contribution is 7.91. The number of ether oxygens (including phenoxy) is 1. The average molecular weight is 408 g/mol. The third-order valence-electron chi connectivity index (χ3n) is 4.71. The Morgan fingerprint density at radius 1 is 1.11 bits per heavy atom. The summed E-state index contributed by atoms with van der Waals surface area (Å²) in [5.74, 6) is 0.302. The molecule has 0 radical (unpaired) electrons. The summed E-state index contributed by atoms with van der Waals surface area (Å²) in [6.45, 7) is 2.18. The van der Waals surface area contributed by atoms with Crippen molar-refractivity contribution in [1.29, 1.82) is 0 Å². The van der Waals surface area contributed by atoms with E-state index in [0.717, 1.165) is 0 Å². The highest BCUT2D eigenvalue weighted by Crippen LogP contribution is 2.34. The second-order valence-corrected chi connectivity index (χ2v) is 9.27. The van der Waals surface area contributed by atoms with Gasteiger partial charge < -0.3 is 9.64 Å². The second kappa shape index (κ2) is 8.31. The summed E-state index contributed by atoms with van der Waals surface area (Å²) in [6.07, 6.45) is -0.373. The molecule has 2 aromatic carbocycles. The van der Waals surface area contributed by atoms with E-state index in [1.54, 1.807) is 48.2 Å². The first kappa shape index (κ1) is 19.7. The number of benzene rings is 2. The van der Waals surface area contributed by atoms with Gasteiger partial charge in [-0.05, 0) is 37.1 Å². The van der Waals surface area contributed by atoms with Crippen LogP contribution in [0, 0.1) is 0 Å². The van der Waals surface area contributed by atoms with Crippen LogP contribution in [0.2, 0.25) is 5.02 Å². The maximum absolute atomic E-state index is 12.8. The zero-order valence-electron chi connectivity index (χ0n) is 15.0. The summed E-state index contributed by atoms with van der Waals surface area (Å²) in [6, 6.07) is 16.1. The smallest absolute Gasteiger partial charge is 0.263 e. The molecule has 7 heteroatoms.